The van der Waals surface area contributed by atoms with E-state index in [0.29, 0.717) is 23.3 Å². The fraction of sp³-hybridized carbons (Fsp3) is 0.278. The highest BCUT2D eigenvalue weighted by molar-refractivity contribution is 7.99. The maximum absolute atomic E-state index is 14.0. The quantitative estimate of drug-likeness (QED) is 0.633. The molecule has 26 heavy (non-hydrogen) atoms. The summed E-state index contributed by atoms with van der Waals surface area (Å²) < 4.78 is 21.2. The number of hydrogen-bond donors (Lipinski definition) is 1. The topological polar surface area (TPSA) is 73.0 Å². The van der Waals surface area contributed by atoms with Crippen molar-refractivity contribution in [2.75, 3.05) is 11.1 Å². The summed E-state index contributed by atoms with van der Waals surface area (Å²) in [5, 5.41) is 11.5. The maximum Gasteiger partial charge on any atom is 0.234 e. The van der Waals surface area contributed by atoms with Gasteiger partial charge in [0.15, 0.2) is 16.7 Å². The molecule has 2 aromatic heterocycles. The molecule has 0 spiro atoms. The SMILES string of the molecule is CCc1ccc(NC(=O)CSc2nnc(-c3ccco3)n2CC)c(F)c1. The first-order chi connectivity index (χ1) is 12.6. The van der Waals surface area contributed by atoms with E-state index in [9.17, 15) is 9.18 Å². The lowest BCUT2D eigenvalue weighted by Crippen LogP contribution is -2.15. The second-order valence-electron chi connectivity index (χ2n) is 5.53. The predicted molar refractivity (Wildman–Crippen MR) is 98.5 cm³/mol. The number of furan rings is 1. The molecule has 0 aliphatic heterocycles. The standard InChI is InChI=1S/C18H19FN4O2S/c1-3-12-7-8-14(13(19)10-12)20-16(24)11-26-18-22-21-17(23(18)4-2)15-6-5-9-25-15/h5-10H,3-4,11H2,1-2H3,(H,20,24). The maximum atomic E-state index is 14.0. The molecule has 0 fully saturated rings. The minimum Gasteiger partial charge on any atom is -0.461 e. The van der Waals surface area contributed by atoms with E-state index in [-0.39, 0.29) is 17.3 Å². The lowest BCUT2D eigenvalue weighted by Gasteiger charge is -2.08. The van der Waals surface area contributed by atoms with Crippen LogP contribution in [0.5, 0.6) is 0 Å². The molecule has 2 heterocycles. The van der Waals surface area contributed by atoms with Crippen LogP contribution >= 0.6 is 11.8 Å². The highest BCUT2D eigenvalue weighted by atomic mass is 32.2. The van der Waals surface area contributed by atoms with Gasteiger partial charge >= 0.3 is 0 Å². The Morgan fingerprint density at radius 3 is 2.81 bits per heavy atom. The number of benzene rings is 1. The molecule has 0 radical (unpaired) electrons. The normalized spacial score (nSPS) is 10.9. The molecule has 136 valence electrons. The summed E-state index contributed by atoms with van der Waals surface area (Å²) >= 11 is 1.24. The van der Waals surface area contributed by atoms with Crippen LogP contribution < -0.4 is 5.32 Å². The first-order valence-electron chi connectivity index (χ1n) is 8.30. The largest absolute Gasteiger partial charge is 0.461 e. The van der Waals surface area contributed by atoms with Crippen LogP contribution in [-0.4, -0.2) is 26.4 Å². The second kappa shape index (κ2) is 8.18. The third-order valence-electron chi connectivity index (χ3n) is 3.82. The van der Waals surface area contributed by atoms with Crippen LogP contribution in [-0.2, 0) is 17.8 Å². The fourth-order valence-electron chi connectivity index (χ4n) is 2.46. The van der Waals surface area contributed by atoms with Crippen molar-refractivity contribution in [1.82, 2.24) is 14.8 Å². The minimum atomic E-state index is -0.431. The van der Waals surface area contributed by atoms with Crippen LogP contribution in [0.3, 0.4) is 0 Å². The summed E-state index contributed by atoms with van der Waals surface area (Å²) in [6, 6.07) is 8.41. The van der Waals surface area contributed by atoms with Crippen LogP contribution in [0.4, 0.5) is 10.1 Å². The molecule has 8 heteroatoms. The fourth-order valence-corrected chi connectivity index (χ4v) is 3.27. The van der Waals surface area contributed by atoms with Gasteiger partial charge in [-0.05, 0) is 43.2 Å². The summed E-state index contributed by atoms with van der Waals surface area (Å²) in [6.07, 6.45) is 2.31. The summed E-state index contributed by atoms with van der Waals surface area (Å²) in [4.78, 5) is 12.2. The van der Waals surface area contributed by atoms with Gasteiger partial charge in [-0.2, -0.15) is 0 Å². The summed E-state index contributed by atoms with van der Waals surface area (Å²) in [5.41, 5.74) is 1.07. The average Bonchev–Trinajstić information content (AvgIpc) is 3.30. The van der Waals surface area contributed by atoms with Gasteiger partial charge in [0.25, 0.3) is 0 Å². The third kappa shape index (κ3) is 3.96. The molecule has 6 nitrogen and oxygen atoms in total. The number of aryl methyl sites for hydroxylation is 1. The zero-order chi connectivity index (χ0) is 18.5. The average molecular weight is 374 g/mol. The number of anilines is 1. The van der Waals surface area contributed by atoms with Gasteiger partial charge in [-0.3, -0.25) is 9.36 Å². The molecule has 0 saturated carbocycles. The van der Waals surface area contributed by atoms with Crippen molar-refractivity contribution in [2.24, 2.45) is 0 Å². The molecule has 3 aromatic rings. The molecular formula is C18H19FN4O2S. The van der Waals surface area contributed by atoms with E-state index < -0.39 is 5.82 Å². The van der Waals surface area contributed by atoms with Gasteiger partial charge in [0.2, 0.25) is 5.91 Å². The molecule has 1 aromatic carbocycles. The Balaban J connectivity index is 1.65. The number of thioether (sulfide) groups is 1. The van der Waals surface area contributed by atoms with E-state index in [1.165, 1.54) is 17.8 Å². The highest BCUT2D eigenvalue weighted by Crippen LogP contribution is 2.24. The highest BCUT2D eigenvalue weighted by Gasteiger charge is 2.16. The molecule has 0 saturated heterocycles. The van der Waals surface area contributed by atoms with Crippen molar-refractivity contribution in [3.8, 4) is 11.6 Å². The van der Waals surface area contributed by atoms with E-state index in [1.807, 2.05) is 18.4 Å². The number of carbonyl (C=O) groups is 1. The van der Waals surface area contributed by atoms with Crippen LogP contribution in [0.15, 0.2) is 46.2 Å². The van der Waals surface area contributed by atoms with Gasteiger partial charge in [-0.15, -0.1) is 10.2 Å². The zero-order valence-electron chi connectivity index (χ0n) is 14.5. The predicted octanol–water partition coefficient (Wildman–Crippen LogP) is 3.99. The van der Waals surface area contributed by atoms with Gasteiger partial charge in [0, 0.05) is 6.54 Å². The van der Waals surface area contributed by atoms with E-state index in [1.54, 1.807) is 30.5 Å². The van der Waals surface area contributed by atoms with E-state index in [0.717, 1.165) is 12.0 Å². The van der Waals surface area contributed by atoms with Crippen molar-refractivity contribution >= 4 is 23.4 Å². The molecule has 1 N–H and O–H groups in total. The first kappa shape index (κ1) is 18.2. The van der Waals surface area contributed by atoms with Crippen molar-refractivity contribution < 1.29 is 13.6 Å². The van der Waals surface area contributed by atoms with Gasteiger partial charge in [-0.1, -0.05) is 24.8 Å². The molecular weight excluding hydrogens is 355 g/mol. The first-order valence-corrected chi connectivity index (χ1v) is 9.29. The van der Waals surface area contributed by atoms with Gasteiger partial charge in [0.1, 0.15) is 5.82 Å². The number of carbonyl (C=O) groups excluding carboxylic acids is 1. The summed E-state index contributed by atoms with van der Waals surface area (Å²) in [7, 11) is 0. The summed E-state index contributed by atoms with van der Waals surface area (Å²) in [6.45, 7) is 4.55. The Kier molecular flexibility index (Phi) is 5.72. The number of halogens is 1. The van der Waals surface area contributed by atoms with E-state index in [4.69, 9.17) is 4.42 Å². The van der Waals surface area contributed by atoms with Gasteiger partial charge in [0.05, 0.1) is 17.7 Å². The van der Waals surface area contributed by atoms with E-state index >= 15 is 0 Å². The molecule has 0 bridgehead atoms. The van der Waals surface area contributed by atoms with Crippen LogP contribution in [0.2, 0.25) is 0 Å². The van der Waals surface area contributed by atoms with Crippen molar-refractivity contribution in [2.45, 2.75) is 32.0 Å². The Bertz CT molecular complexity index is 893. The van der Waals surface area contributed by atoms with Gasteiger partial charge in [-0.25, -0.2) is 4.39 Å². The molecule has 0 unspecified atom stereocenters. The molecule has 0 aliphatic carbocycles. The number of amides is 1. The van der Waals surface area contributed by atoms with Gasteiger partial charge < -0.3 is 9.73 Å². The number of nitrogens with one attached hydrogen (secondary N) is 1. The Labute approximate surface area is 154 Å². The van der Waals surface area contributed by atoms with Crippen molar-refractivity contribution in [3.05, 3.63) is 48.0 Å². The van der Waals surface area contributed by atoms with Crippen LogP contribution in [0.25, 0.3) is 11.6 Å². The summed E-state index contributed by atoms with van der Waals surface area (Å²) in [5.74, 6) is 0.601. The Morgan fingerprint density at radius 2 is 2.15 bits per heavy atom. The molecule has 1 amide bonds. The number of nitrogens with zero attached hydrogens (tertiary/aromatic N) is 3. The number of rotatable bonds is 7. The smallest absolute Gasteiger partial charge is 0.234 e. The molecule has 3 rings (SSSR count). The third-order valence-corrected chi connectivity index (χ3v) is 4.79. The number of aromatic nitrogens is 3. The lowest BCUT2D eigenvalue weighted by atomic mass is 10.1. The van der Waals surface area contributed by atoms with Crippen molar-refractivity contribution in [3.63, 3.8) is 0 Å². The monoisotopic (exact) mass is 374 g/mol. The second-order valence-corrected chi connectivity index (χ2v) is 6.47. The Hall–Kier alpha value is -2.61. The van der Waals surface area contributed by atoms with Crippen LogP contribution in [0, 0.1) is 5.82 Å². The molecule has 0 atom stereocenters. The van der Waals surface area contributed by atoms with Crippen LogP contribution in [0.1, 0.15) is 19.4 Å². The Morgan fingerprint density at radius 1 is 1.31 bits per heavy atom. The van der Waals surface area contributed by atoms with Crippen molar-refractivity contribution in [1.29, 1.82) is 0 Å². The molecule has 0 aliphatic rings. The zero-order valence-corrected chi connectivity index (χ0v) is 15.3. The number of hydrogen-bond acceptors (Lipinski definition) is 5. The minimum absolute atomic E-state index is 0.102. The van der Waals surface area contributed by atoms with E-state index in [2.05, 4.69) is 15.5 Å². The lowest BCUT2D eigenvalue weighted by molar-refractivity contribution is -0.113.